The first-order valence-electron chi connectivity index (χ1n) is 12.3. The molecule has 0 bridgehead atoms. The number of benzene rings is 2. The number of hydrogen-bond acceptors (Lipinski definition) is 6. The molecule has 41 heavy (non-hydrogen) atoms. The third-order valence-electron chi connectivity index (χ3n) is 7.22. The summed E-state index contributed by atoms with van der Waals surface area (Å²) in [6.45, 7) is -0.850. The number of nitrogens with zero attached hydrogens (tertiary/aromatic N) is 4. The molecule has 8 nitrogen and oxygen atoms in total. The Balaban J connectivity index is 1.40. The van der Waals surface area contributed by atoms with Crippen LogP contribution >= 0.6 is 0 Å². The fraction of sp³-hybridized carbons (Fsp3) is 0.296. The highest BCUT2D eigenvalue weighted by Crippen LogP contribution is 2.46. The van der Waals surface area contributed by atoms with Gasteiger partial charge in [-0.15, -0.1) is 0 Å². The Morgan fingerprint density at radius 3 is 2.37 bits per heavy atom. The van der Waals surface area contributed by atoms with Gasteiger partial charge in [-0.1, -0.05) is 30.3 Å². The van der Waals surface area contributed by atoms with Gasteiger partial charge >= 0.3 is 12.3 Å². The van der Waals surface area contributed by atoms with Gasteiger partial charge in [-0.05, 0) is 42.2 Å². The fourth-order valence-electron chi connectivity index (χ4n) is 5.02. The summed E-state index contributed by atoms with van der Waals surface area (Å²) in [5, 5.41) is 0. The van der Waals surface area contributed by atoms with Gasteiger partial charge in [0.05, 0.1) is 5.56 Å². The maximum absolute atomic E-state index is 14.2. The van der Waals surface area contributed by atoms with E-state index >= 15 is 0 Å². The zero-order valence-corrected chi connectivity index (χ0v) is 21.2. The largest absolute Gasteiger partial charge is 0.427 e. The van der Waals surface area contributed by atoms with E-state index in [2.05, 4.69) is 9.97 Å². The predicted octanol–water partition coefficient (Wildman–Crippen LogP) is 4.66. The first kappa shape index (κ1) is 28.1. The SMILES string of the molecule is C[C@H](N(Cc1ccc(F)cc1)C(=O)CN1C(=O)O[C@@]2(CCc3cc(-c4c(F)ncnc4F)ccc32)C1=O)C(F)(F)F. The van der Waals surface area contributed by atoms with E-state index in [-0.39, 0.29) is 29.5 Å². The van der Waals surface area contributed by atoms with E-state index in [4.69, 9.17) is 4.74 Å². The van der Waals surface area contributed by atoms with Crippen molar-refractivity contribution in [2.75, 3.05) is 6.54 Å². The standard InChI is InChI=1S/C27H20F6N4O4/c1-14(27(31,32)33)36(11-15-2-5-18(28)6-3-15)20(38)12-37-24(39)26(41-25(37)40)9-8-16-10-17(4-7-19(16)26)21-22(29)34-13-35-23(21)30/h2-7,10,13-14H,8-9,11-12H2,1H3/t14-,26+/m0/s1. The highest BCUT2D eigenvalue weighted by molar-refractivity contribution is 6.06. The van der Waals surface area contributed by atoms with Crippen molar-refractivity contribution in [3.8, 4) is 11.1 Å². The van der Waals surface area contributed by atoms with Gasteiger partial charge in [0, 0.05) is 18.5 Å². The third-order valence-corrected chi connectivity index (χ3v) is 7.22. The smallest absolute Gasteiger partial charge is 0.418 e. The summed E-state index contributed by atoms with van der Waals surface area (Å²) in [6.07, 6.45) is -5.25. The molecule has 2 aliphatic rings. The maximum Gasteiger partial charge on any atom is 0.418 e. The van der Waals surface area contributed by atoms with Crippen LogP contribution in [-0.2, 0) is 32.9 Å². The molecule has 214 valence electrons. The van der Waals surface area contributed by atoms with Gasteiger partial charge in [-0.3, -0.25) is 9.59 Å². The molecule has 1 fully saturated rings. The molecule has 1 spiro atoms. The topological polar surface area (TPSA) is 92.7 Å². The fourth-order valence-corrected chi connectivity index (χ4v) is 5.02. The number of carbonyl (C=O) groups excluding carboxylic acids is 3. The Morgan fingerprint density at radius 1 is 1.07 bits per heavy atom. The summed E-state index contributed by atoms with van der Waals surface area (Å²) in [6, 6.07) is 6.23. The number of rotatable bonds is 6. The zero-order chi connectivity index (χ0) is 29.7. The number of aromatic nitrogens is 2. The summed E-state index contributed by atoms with van der Waals surface area (Å²) in [4.78, 5) is 47.0. The van der Waals surface area contributed by atoms with Crippen LogP contribution in [0.2, 0.25) is 0 Å². The minimum atomic E-state index is -4.84. The van der Waals surface area contributed by atoms with Gasteiger partial charge in [0.25, 0.3) is 5.91 Å². The van der Waals surface area contributed by atoms with Crippen LogP contribution in [0.25, 0.3) is 11.1 Å². The van der Waals surface area contributed by atoms with Gasteiger partial charge < -0.3 is 9.64 Å². The number of imide groups is 1. The average Bonchev–Trinajstić information content (AvgIpc) is 3.39. The Bertz CT molecular complexity index is 1530. The summed E-state index contributed by atoms with van der Waals surface area (Å²) >= 11 is 0. The summed E-state index contributed by atoms with van der Waals surface area (Å²) in [7, 11) is 0. The Hall–Kier alpha value is -4.49. The second-order valence-corrected chi connectivity index (χ2v) is 9.65. The molecule has 2 atom stereocenters. The lowest BCUT2D eigenvalue weighted by Gasteiger charge is -2.31. The van der Waals surface area contributed by atoms with Crippen molar-refractivity contribution in [2.24, 2.45) is 0 Å². The monoisotopic (exact) mass is 578 g/mol. The molecule has 3 aromatic rings. The van der Waals surface area contributed by atoms with E-state index in [0.717, 1.165) is 25.4 Å². The third kappa shape index (κ3) is 4.98. The molecule has 0 N–H and O–H groups in total. The molecular formula is C27H20F6N4O4. The number of fused-ring (bicyclic) bond motifs is 2. The van der Waals surface area contributed by atoms with E-state index in [1.165, 1.54) is 30.3 Å². The van der Waals surface area contributed by atoms with Crippen molar-refractivity contribution in [3.63, 3.8) is 0 Å². The van der Waals surface area contributed by atoms with Crippen molar-refractivity contribution in [2.45, 2.75) is 44.1 Å². The summed E-state index contributed by atoms with van der Waals surface area (Å²) < 4.78 is 87.9. The average molecular weight is 578 g/mol. The van der Waals surface area contributed by atoms with Crippen LogP contribution in [0.5, 0.6) is 0 Å². The van der Waals surface area contributed by atoms with Crippen molar-refractivity contribution in [1.82, 2.24) is 19.8 Å². The highest BCUT2D eigenvalue weighted by Gasteiger charge is 2.58. The van der Waals surface area contributed by atoms with E-state index in [1.54, 1.807) is 0 Å². The van der Waals surface area contributed by atoms with E-state index in [0.29, 0.717) is 15.4 Å². The Kier molecular flexibility index (Phi) is 6.95. The molecule has 1 saturated heterocycles. The van der Waals surface area contributed by atoms with Gasteiger partial charge in [0.15, 0.2) is 0 Å². The molecule has 0 unspecified atom stereocenters. The number of ether oxygens (including phenoxy) is 1. The molecule has 1 aliphatic heterocycles. The summed E-state index contributed by atoms with van der Waals surface area (Å²) in [5.74, 6) is -4.97. The van der Waals surface area contributed by atoms with Crippen LogP contribution in [0.3, 0.4) is 0 Å². The van der Waals surface area contributed by atoms with E-state index < -0.39 is 72.1 Å². The van der Waals surface area contributed by atoms with Crippen molar-refractivity contribution in [1.29, 1.82) is 0 Å². The first-order chi connectivity index (χ1) is 19.3. The normalized spacial score (nSPS) is 19.0. The lowest BCUT2D eigenvalue weighted by Crippen LogP contribution is -2.51. The van der Waals surface area contributed by atoms with Gasteiger partial charge in [0.1, 0.15) is 24.7 Å². The number of halogens is 6. The molecule has 2 aromatic carbocycles. The molecule has 1 aliphatic carbocycles. The van der Waals surface area contributed by atoms with Crippen LogP contribution < -0.4 is 0 Å². The summed E-state index contributed by atoms with van der Waals surface area (Å²) in [5.41, 5.74) is -1.41. The van der Waals surface area contributed by atoms with Crippen molar-refractivity contribution >= 4 is 17.9 Å². The maximum atomic E-state index is 14.2. The second kappa shape index (κ2) is 10.2. The van der Waals surface area contributed by atoms with E-state index in [1.807, 2.05) is 0 Å². The van der Waals surface area contributed by atoms with Crippen LogP contribution in [0.4, 0.5) is 31.1 Å². The number of aryl methyl sites for hydroxylation is 1. The molecule has 14 heteroatoms. The van der Waals surface area contributed by atoms with Gasteiger partial charge in [-0.2, -0.15) is 22.0 Å². The van der Waals surface area contributed by atoms with Crippen LogP contribution in [0, 0.1) is 17.7 Å². The number of alkyl halides is 3. The molecule has 2 heterocycles. The first-order valence-corrected chi connectivity index (χ1v) is 12.3. The molecule has 3 amide bonds. The molecule has 1 aromatic heterocycles. The Morgan fingerprint density at radius 2 is 1.73 bits per heavy atom. The zero-order valence-electron chi connectivity index (χ0n) is 21.2. The number of amides is 3. The number of hydrogen-bond donors (Lipinski definition) is 0. The molecule has 5 rings (SSSR count). The van der Waals surface area contributed by atoms with Crippen molar-refractivity contribution in [3.05, 3.63) is 83.2 Å². The van der Waals surface area contributed by atoms with Crippen molar-refractivity contribution < 1.29 is 45.5 Å². The van der Waals surface area contributed by atoms with Crippen LogP contribution in [0.15, 0.2) is 48.8 Å². The molecular weight excluding hydrogens is 558 g/mol. The number of carbonyl (C=O) groups is 3. The quantitative estimate of drug-likeness (QED) is 0.312. The van der Waals surface area contributed by atoms with Crippen LogP contribution in [-0.4, -0.2) is 56.4 Å². The minimum absolute atomic E-state index is 0.0600. The van der Waals surface area contributed by atoms with E-state index in [9.17, 15) is 40.7 Å². The van der Waals surface area contributed by atoms with Crippen LogP contribution in [0.1, 0.15) is 30.0 Å². The minimum Gasteiger partial charge on any atom is -0.427 e. The highest BCUT2D eigenvalue weighted by atomic mass is 19.4. The van der Waals surface area contributed by atoms with Gasteiger partial charge in [0.2, 0.25) is 23.4 Å². The lowest BCUT2D eigenvalue weighted by molar-refractivity contribution is -0.187. The molecule has 0 saturated carbocycles. The Labute approximate surface area is 228 Å². The predicted molar refractivity (Wildman–Crippen MR) is 128 cm³/mol. The lowest BCUT2D eigenvalue weighted by atomic mass is 9.93. The second-order valence-electron chi connectivity index (χ2n) is 9.65. The molecule has 0 radical (unpaired) electrons. The van der Waals surface area contributed by atoms with Gasteiger partial charge in [-0.25, -0.2) is 24.1 Å².